The number of benzene rings is 2. The number of halogens is 3. The van der Waals surface area contributed by atoms with Gasteiger partial charge < -0.3 is 9.64 Å². The van der Waals surface area contributed by atoms with E-state index in [-0.39, 0.29) is 38.9 Å². The lowest BCUT2D eigenvalue weighted by molar-refractivity contribution is -0.141. The van der Waals surface area contributed by atoms with E-state index in [1.807, 2.05) is 50.2 Å². The Bertz CT molecular complexity index is 933. The van der Waals surface area contributed by atoms with Gasteiger partial charge in [-0.2, -0.15) is 0 Å². The third-order valence-electron chi connectivity index (χ3n) is 4.40. The number of ether oxygens (including phenoxy) is 1. The molecule has 2 amide bonds. The molecule has 10 heteroatoms. The molecule has 1 aliphatic rings. The van der Waals surface area contributed by atoms with Crippen LogP contribution in [0, 0.1) is 0 Å². The van der Waals surface area contributed by atoms with Gasteiger partial charge in [-0.15, -0.1) is 11.8 Å². The zero-order valence-electron chi connectivity index (χ0n) is 16.5. The second kappa shape index (κ2) is 9.56. The molecule has 0 spiro atoms. The molecule has 1 saturated heterocycles. The molecular formula is C20H20Cl3N3O3S. The van der Waals surface area contributed by atoms with Crippen LogP contribution in [0.25, 0.3) is 0 Å². The van der Waals surface area contributed by atoms with E-state index in [0.29, 0.717) is 5.02 Å². The number of hydrazine groups is 1. The molecule has 0 aromatic heterocycles. The van der Waals surface area contributed by atoms with E-state index in [0.717, 1.165) is 11.3 Å². The molecule has 0 aliphatic carbocycles. The Morgan fingerprint density at radius 1 is 1.17 bits per heavy atom. The van der Waals surface area contributed by atoms with Gasteiger partial charge in [0.25, 0.3) is 11.8 Å². The second-order valence-corrected chi connectivity index (χ2v) is 9.52. The summed E-state index contributed by atoms with van der Waals surface area (Å²) < 4.78 is 5.45. The number of amides is 2. The highest BCUT2D eigenvalue weighted by Crippen LogP contribution is 2.42. The Morgan fingerprint density at radius 2 is 1.77 bits per heavy atom. The smallest absolute Gasteiger partial charge is 0.276 e. The maximum absolute atomic E-state index is 12.6. The number of rotatable bonds is 6. The number of carbonyl (C=O) groups excluding carboxylic acids is 2. The lowest BCUT2D eigenvalue weighted by Crippen LogP contribution is -2.47. The average Bonchev–Trinajstić information content (AvgIpc) is 2.95. The van der Waals surface area contributed by atoms with Crippen molar-refractivity contribution in [1.29, 1.82) is 0 Å². The molecule has 160 valence electrons. The van der Waals surface area contributed by atoms with Crippen LogP contribution in [0.15, 0.2) is 36.4 Å². The van der Waals surface area contributed by atoms with Crippen LogP contribution in [-0.4, -0.2) is 42.8 Å². The fraction of sp³-hybridized carbons (Fsp3) is 0.300. The maximum Gasteiger partial charge on any atom is 0.276 e. The molecule has 30 heavy (non-hydrogen) atoms. The van der Waals surface area contributed by atoms with Crippen LogP contribution < -0.4 is 15.1 Å². The second-order valence-electron chi connectivity index (χ2n) is 6.85. The van der Waals surface area contributed by atoms with Gasteiger partial charge in [-0.3, -0.25) is 15.0 Å². The van der Waals surface area contributed by atoms with Crippen molar-refractivity contribution in [3.8, 4) is 5.75 Å². The summed E-state index contributed by atoms with van der Waals surface area (Å²) in [7, 11) is 3.91. The molecule has 0 saturated carbocycles. The summed E-state index contributed by atoms with van der Waals surface area (Å²) in [5.74, 6) is -0.531. The molecule has 1 fully saturated rings. The van der Waals surface area contributed by atoms with Crippen molar-refractivity contribution in [2.45, 2.75) is 17.5 Å². The quantitative estimate of drug-likeness (QED) is 0.634. The van der Waals surface area contributed by atoms with Crippen molar-refractivity contribution in [1.82, 2.24) is 10.4 Å². The van der Waals surface area contributed by atoms with Gasteiger partial charge in [0.15, 0.2) is 12.4 Å². The third kappa shape index (κ3) is 5.09. The third-order valence-corrected chi connectivity index (χ3v) is 6.53. The predicted octanol–water partition coefficient (Wildman–Crippen LogP) is 4.79. The first-order valence-corrected chi connectivity index (χ1v) is 11.1. The summed E-state index contributed by atoms with van der Waals surface area (Å²) in [6, 6.07) is 10.8. The SMILES string of the molecule is C[C@H]1S[C@H](c2ccc(N(C)C)cc2)N(NC(=O)COc2c(Cl)cc(Cl)cc2Cl)C1=O. The summed E-state index contributed by atoms with van der Waals surface area (Å²) >= 11 is 19.5. The number of nitrogens with one attached hydrogen (secondary N) is 1. The molecule has 2 aromatic carbocycles. The predicted molar refractivity (Wildman–Crippen MR) is 123 cm³/mol. The van der Waals surface area contributed by atoms with Gasteiger partial charge in [0.05, 0.1) is 15.3 Å². The number of hydrogen-bond acceptors (Lipinski definition) is 5. The Kier molecular flexibility index (Phi) is 7.29. The Balaban J connectivity index is 1.70. The van der Waals surface area contributed by atoms with Crippen LogP contribution in [-0.2, 0) is 9.59 Å². The van der Waals surface area contributed by atoms with Crippen molar-refractivity contribution in [2.75, 3.05) is 25.6 Å². The van der Waals surface area contributed by atoms with Gasteiger partial charge in [0, 0.05) is 24.8 Å². The Morgan fingerprint density at radius 3 is 2.33 bits per heavy atom. The summed E-state index contributed by atoms with van der Waals surface area (Å²) in [6.07, 6.45) is 0. The maximum atomic E-state index is 12.6. The number of hydrogen-bond donors (Lipinski definition) is 1. The van der Waals surface area contributed by atoms with E-state index < -0.39 is 5.91 Å². The minimum atomic E-state index is -0.505. The highest BCUT2D eigenvalue weighted by molar-refractivity contribution is 8.01. The van der Waals surface area contributed by atoms with Crippen molar-refractivity contribution in [3.63, 3.8) is 0 Å². The summed E-state index contributed by atoms with van der Waals surface area (Å²) in [5, 5.41) is 1.47. The van der Waals surface area contributed by atoms with Gasteiger partial charge >= 0.3 is 0 Å². The van der Waals surface area contributed by atoms with Crippen LogP contribution in [0.1, 0.15) is 17.9 Å². The molecule has 1 N–H and O–H groups in total. The number of anilines is 1. The van der Waals surface area contributed by atoms with Crippen molar-refractivity contribution in [3.05, 3.63) is 57.0 Å². The first-order valence-electron chi connectivity index (χ1n) is 9.00. The van der Waals surface area contributed by atoms with E-state index in [1.54, 1.807) is 0 Å². The van der Waals surface area contributed by atoms with E-state index in [4.69, 9.17) is 39.5 Å². The average molecular weight is 489 g/mol. The molecule has 6 nitrogen and oxygen atoms in total. The first-order chi connectivity index (χ1) is 14.2. The van der Waals surface area contributed by atoms with Gasteiger partial charge in [-0.1, -0.05) is 46.9 Å². The van der Waals surface area contributed by atoms with E-state index in [1.165, 1.54) is 28.9 Å². The number of nitrogens with zero attached hydrogens (tertiary/aromatic N) is 2. The summed E-state index contributed by atoms with van der Waals surface area (Å²) in [4.78, 5) is 27.1. The highest BCUT2D eigenvalue weighted by Gasteiger charge is 2.39. The molecule has 0 bridgehead atoms. The fourth-order valence-corrected chi connectivity index (χ4v) is 5.01. The van der Waals surface area contributed by atoms with Crippen LogP contribution in [0.2, 0.25) is 15.1 Å². The molecule has 1 heterocycles. The highest BCUT2D eigenvalue weighted by atomic mass is 35.5. The van der Waals surface area contributed by atoms with Crippen LogP contribution >= 0.6 is 46.6 Å². The standard InChI is InChI=1S/C20H20Cl3N3O3S/c1-11-19(28)26(20(30-11)12-4-6-14(7-5-12)25(2)3)24-17(27)10-29-18-15(22)8-13(21)9-16(18)23/h4-9,11,20H,10H2,1-3H3,(H,24,27)/t11-,20-/m1/s1. The Hall–Kier alpha value is -1.80. The van der Waals surface area contributed by atoms with Crippen molar-refractivity contribution in [2.24, 2.45) is 0 Å². The largest absolute Gasteiger partial charge is 0.481 e. The van der Waals surface area contributed by atoms with Gasteiger partial charge in [0.2, 0.25) is 0 Å². The molecule has 1 aliphatic heterocycles. The van der Waals surface area contributed by atoms with E-state index >= 15 is 0 Å². The number of carbonyl (C=O) groups is 2. The zero-order valence-corrected chi connectivity index (χ0v) is 19.6. The minimum absolute atomic E-state index is 0.157. The zero-order chi connectivity index (χ0) is 22.0. The summed E-state index contributed by atoms with van der Waals surface area (Å²) in [5.41, 5.74) is 4.60. The fourth-order valence-electron chi connectivity index (χ4n) is 2.87. The lowest BCUT2D eigenvalue weighted by Gasteiger charge is -2.25. The molecule has 3 rings (SSSR count). The Labute approximate surface area is 194 Å². The van der Waals surface area contributed by atoms with Crippen LogP contribution in [0.3, 0.4) is 0 Å². The minimum Gasteiger partial charge on any atom is -0.481 e. The molecule has 0 unspecified atom stereocenters. The van der Waals surface area contributed by atoms with Crippen molar-refractivity contribution < 1.29 is 14.3 Å². The first kappa shape index (κ1) is 22.9. The van der Waals surface area contributed by atoms with Crippen LogP contribution in [0.5, 0.6) is 5.75 Å². The van der Waals surface area contributed by atoms with Gasteiger partial charge in [-0.05, 0) is 36.8 Å². The molecule has 0 radical (unpaired) electrons. The van der Waals surface area contributed by atoms with Gasteiger partial charge in [0.1, 0.15) is 5.37 Å². The number of thioether (sulfide) groups is 1. The molecular weight excluding hydrogens is 469 g/mol. The normalized spacial score (nSPS) is 18.5. The molecule has 2 atom stereocenters. The summed E-state index contributed by atoms with van der Waals surface area (Å²) in [6.45, 7) is 1.44. The monoisotopic (exact) mass is 487 g/mol. The topological polar surface area (TPSA) is 61.9 Å². The van der Waals surface area contributed by atoms with Gasteiger partial charge in [-0.25, -0.2) is 5.01 Å². The van der Waals surface area contributed by atoms with Crippen molar-refractivity contribution >= 4 is 64.1 Å². The van der Waals surface area contributed by atoms with Crippen LogP contribution in [0.4, 0.5) is 5.69 Å². The van der Waals surface area contributed by atoms with E-state index in [2.05, 4.69) is 5.43 Å². The van der Waals surface area contributed by atoms with E-state index in [9.17, 15) is 9.59 Å². The molecule has 2 aromatic rings. The lowest BCUT2D eigenvalue weighted by atomic mass is 10.2.